The zero-order valence-electron chi connectivity index (χ0n) is 21.2. The van der Waals surface area contributed by atoms with Gasteiger partial charge in [0.1, 0.15) is 23.0 Å². The zero-order valence-corrected chi connectivity index (χ0v) is 21.9. The molecule has 0 spiro atoms. The molecule has 1 heterocycles. The van der Waals surface area contributed by atoms with E-state index in [-0.39, 0.29) is 31.2 Å². The second kappa shape index (κ2) is 11.5. The quantitative estimate of drug-likeness (QED) is 0.382. The van der Waals surface area contributed by atoms with Crippen LogP contribution in [0.5, 0.6) is 5.75 Å². The third kappa shape index (κ3) is 7.03. The first-order valence-electron chi connectivity index (χ1n) is 12.3. The van der Waals surface area contributed by atoms with Gasteiger partial charge in [-0.3, -0.25) is 4.90 Å². The molecule has 0 N–H and O–H groups in total. The third-order valence-electron chi connectivity index (χ3n) is 6.34. The minimum Gasteiger partial charge on any atom is -0.489 e. The number of hydrogen-bond donors (Lipinski definition) is 0. The van der Waals surface area contributed by atoms with Crippen LogP contribution < -0.4 is 4.74 Å². The number of hydrogen-bond acceptors (Lipinski definition) is 7. The van der Waals surface area contributed by atoms with E-state index in [0.29, 0.717) is 35.7 Å². The average molecular weight is 510 g/mol. The highest BCUT2D eigenvalue weighted by molar-refractivity contribution is 6.30. The molecule has 1 aromatic rings. The molecular weight excluding hydrogens is 474 g/mol. The molecule has 2 fully saturated rings. The number of esters is 2. The van der Waals surface area contributed by atoms with Crippen LogP contribution in [0.1, 0.15) is 70.7 Å². The van der Waals surface area contributed by atoms with Gasteiger partial charge < -0.3 is 18.9 Å². The van der Waals surface area contributed by atoms with Gasteiger partial charge in [0.05, 0.1) is 19.3 Å². The number of nitrogens with zero attached hydrogens (tertiary/aromatic N) is 1. The van der Waals surface area contributed by atoms with Crippen LogP contribution in [0, 0.1) is 11.8 Å². The van der Waals surface area contributed by atoms with Gasteiger partial charge in [-0.1, -0.05) is 11.6 Å². The summed E-state index contributed by atoms with van der Waals surface area (Å²) in [6.45, 7) is 9.85. The van der Waals surface area contributed by atoms with Crippen molar-refractivity contribution in [3.63, 3.8) is 0 Å². The summed E-state index contributed by atoms with van der Waals surface area (Å²) in [5.74, 6) is -0.100. The van der Waals surface area contributed by atoms with Gasteiger partial charge in [-0.05, 0) is 90.3 Å². The van der Waals surface area contributed by atoms with E-state index in [1.165, 1.54) is 4.90 Å². The summed E-state index contributed by atoms with van der Waals surface area (Å²) >= 11 is 6.17. The number of carbonyl (C=O) groups is 3. The summed E-state index contributed by atoms with van der Waals surface area (Å²) in [4.78, 5) is 39.6. The molecule has 0 aromatic heterocycles. The largest absolute Gasteiger partial charge is 0.489 e. The predicted molar refractivity (Wildman–Crippen MR) is 131 cm³/mol. The average Bonchev–Trinajstić information content (AvgIpc) is 2.77. The first-order valence-corrected chi connectivity index (χ1v) is 12.7. The Morgan fingerprint density at radius 3 is 2.40 bits per heavy atom. The Labute approximate surface area is 212 Å². The van der Waals surface area contributed by atoms with E-state index in [2.05, 4.69) is 0 Å². The van der Waals surface area contributed by atoms with E-state index in [0.717, 1.165) is 12.8 Å². The molecule has 2 aliphatic rings. The summed E-state index contributed by atoms with van der Waals surface area (Å²) in [5, 5.41) is 0.467. The smallest absolute Gasteiger partial charge is 0.411 e. The standard InChI is InChI=1S/C26H36ClNO7/c1-6-32-23(29)20-11-9-18(27)14-22(20)34-19-10-8-16-15-28(25(31)35-26(3,4)5)21(13-17(16)12-19)24(30)33-7-2/h9,11,14,16-17,19,21H,6-8,10,12-13,15H2,1-5H3/t16-,17+,19-,21-/m0/s1. The molecule has 1 aromatic carbocycles. The van der Waals surface area contributed by atoms with Crippen molar-refractivity contribution in [1.29, 1.82) is 0 Å². The van der Waals surface area contributed by atoms with Crippen molar-refractivity contribution in [2.45, 2.75) is 78.0 Å². The number of rotatable bonds is 6. The number of fused-ring (bicyclic) bond motifs is 1. The Balaban J connectivity index is 1.75. The lowest BCUT2D eigenvalue weighted by molar-refractivity contribution is -0.153. The lowest BCUT2D eigenvalue weighted by Gasteiger charge is -2.46. The highest BCUT2D eigenvalue weighted by atomic mass is 35.5. The van der Waals surface area contributed by atoms with Crippen LogP contribution in [0.4, 0.5) is 4.79 Å². The van der Waals surface area contributed by atoms with E-state index >= 15 is 0 Å². The summed E-state index contributed by atoms with van der Waals surface area (Å²) < 4.78 is 22.3. The van der Waals surface area contributed by atoms with Crippen molar-refractivity contribution in [3.8, 4) is 5.75 Å². The van der Waals surface area contributed by atoms with Crippen LogP contribution in [0.15, 0.2) is 18.2 Å². The molecule has 1 aliphatic heterocycles. The van der Waals surface area contributed by atoms with Gasteiger partial charge in [0, 0.05) is 11.6 Å². The van der Waals surface area contributed by atoms with Gasteiger partial charge in [0.25, 0.3) is 0 Å². The molecule has 3 rings (SSSR count). The van der Waals surface area contributed by atoms with E-state index < -0.39 is 29.7 Å². The number of benzene rings is 1. The number of carbonyl (C=O) groups excluding carboxylic acids is 3. The van der Waals surface area contributed by atoms with Gasteiger partial charge in [-0.2, -0.15) is 0 Å². The maximum atomic E-state index is 12.9. The van der Waals surface area contributed by atoms with Crippen LogP contribution in [0.2, 0.25) is 5.02 Å². The van der Waals surface area contributed by atoms with Crippen LogP contribution in [-0.2, 0) is 19.0 Å². The van der Waals surface area contributed by atoms with Crippen molar-refractivity contribution in [1.82, 2.24) is 4.90 Å². The van der Waals surface area contributed by atoms with E-state index in [4.69, 9.17) is 30.5 Å². The fraction of sp³-hybridized carbons (Fsp3) is 0.654. The van der Waals surface area contributed by atoms with Crippen molar-refractivity contribution in [3.05, 3.63) is 28.8 Å². The lowest BCUT2D eigenvalue weighted by Crippen LogP contribution is -2.56. The second-order valence-corrected chi connectivity index (χ2v) is 10.5. The highest BCUT2D eigenvalue weighted by Gasteiger charge is 2.46. The number of piperidine rings is 1. The Bertz CT molecular complexity index is 929. The van der Waals surface area contributed by atoms with Crippen molar-refractivity contribution in [2.75, 3.05) is 19.8 Å². The zero-order chi connectivity index (χ0) is 25.8. The summed E-state index contributed by atoms with van der Waals surface area (Å²) in [6, 6.07) is 4.17. The molecule has 0 bridgehead atoms. The maximum Gasteiger partial charge on any atom is 0.411 e. The van der Waals surface area contributed by atoms with Gasteiger partial charge in [0.2, 0.25) is 0 Å². The topological polar surface area (TPSA) is 91.4 Å². The molecule has 1 saturated heterocycles. The molecule has 0 radical (unpaired) electrons. The van der Waals surface area contributed by atoms with E-state index in [1.807, 2.05) is 0 Å². The van der Waals surface area contributed by atoms with E-state index in [1.54, 1.807) is 52.8 Å². The van der Waals surface area contributed by atoms with E-state index in [9.17, 15) is 14.4 Å². The van der Waals surface area contributed by atoms with Crippen LogP contribution >= 0.6 is 11.6 Å². The highest BCUT2D eigenvalue weighted by Crippen LogP contribution is 2.41. The van der Waals surface area contributed by atoms with Gasteiger partial charge in [-0.25, -0.2) is 14.4 Å². The molecule has 0 unspecified atom stereocenters. The van der Waals surface area contributed by atoms with Gasteiger partial charge in [0.15, 0.2) is 0 Å². The fourth-order valence-corrected chi connectivity index (χ4v) is 5.01. The minimum atomic E-state index is -0.703. The molecule has 1 saturated carbocycles. The number of halogens is 1. The second-order valence-electron chi connectivity index (χ2n) is 10.1. The Morgan fingerprint density at radius 1 is 1.03 bits per heavy atom. The lowest BCUT2D eigenvalue weighted by atomic mass is 9.72. The first-order chi connectivity index (χ1) is 16.5. The minimum absolute atomic E-state index is 0.154. The van der Waals surface area contributed by atoms with Crippen molar-refractivity contribution < 1.29 is 33.3 Å². The van der Waals surface area contributed by atoms with Crippen molar-refractivity contribution >= 4 is 29.6 Å². The van der Waals surface area contributed by atoms with Gasteiger partial charge >= 0.3 is 18.0 Å². The molecule has 1 amide bonds. The molecule has 9 heteroatoms. The first kappa shape index (κ1) is 27.1. The molecule has 4 atom stereocenters. The van der Waals surface area contributed by atoms with Crippen LogP contribution in [-0.4, -0.2) is 60.4 Å². The third-order valence-corrected chi connectivity index (χ3v) is 6.58. The van der Waals surface area contributed by atoms with Crippen LogP contribution in [0.3, 0.4) is 0 Å². The molecule has 35 heavy (non-hydrogen) atoms. The Morgan fingerprint density at radius 2 is 1.74 bits per heavy atom. The Kier molecular flexibility index (Phi) is 8.91. The summed E-state index contributed by atoms with van der Waals surface area (Å²) in [6.07, 6.45) is 2.09. The summed E-state index contributed by atoms with van der Waals surface area (Å²) in [7, 11) is 0. The van der Waals surface area contributed by atoms with Gasteiger partial charge in [-0.15, -0.1) is 0 Å². The fourth-order valence-electron chi connectivity index (χ4n) is 4.85. The Hall–Kier alpha value is -2.48. The predicted octanol–water partition coefficient (Wildman–Crippen LogP) is 5.25. The molecular formula is C26H36ClNO7. The number of ether oxygens (including phenoxy) is 4. The monoisotopic (exact) mass is 509 g/mol. The maximum absolute atomic E-state index is 12.9. The SMILES string of the molecule is CCOC(=O)c1ccc(Cl)cc1O[C@H]1CC[C@H]2CN(C(=O)OC(C)(C)C)[C@H](C(=O)OCC)C[C@H]2C1. The van der Waals surface area contributed by atoms with Crippen LogP contribution in [0.25, 0.3) is 0 Å². The number of amides is 1. The normalized spacial score (nSPS) is 24.2. The molecule has 8 nitrogen and oxygen atoms in total. The summed E-state index contributed by atoms with van der Waals surface area (Å²) in [5.41, 5.74) is -0.325. The molecule has 1 aliphatic carbocycles. The molecule has 194 valence electrons. The van der Waals surface area contributed by atoms with Crippen molar-refractivity contribution in [2.24, 2.45) is 11.8 Å². The number of likely N-dealkylation sites (tertiary alicyclic amines) is 1.